The lowest BCUT2D eigenvalue weighted by Crippen LogP contribution is -2.35. The minimum Gasteiger partial charge on any atom is -0.491 e. The molecular formula is C17H29NO2. The molecular weight excluding hydrogens is 250 g/mol. The zero-order chi connectivity index (χ0) is 15.2. The minimum absolute atomic E-state index is 0.154. The van der Waals surface area contributed by atoms with Gasteiger partial charge in [-0.1, -0.05) is 46.8 Å². The Morgan fingerprint density at radius 2 is 1.65 bits per heavy atom. The molecule has 1 aromatic carbocycles. The summed E-state index contributed by atoms with van der Waals surface area (Å²) < 4.78 is 5.65. The molecule has 1 aromatic rings. The average molecular weight is 279 g/mol. The lowest BCUT2D eigenvalue weighted by Gasteiger charge is -2.22. The quantitative estimate of drug-likeness (QED) is 0.832. The van der Waals surface area contributed by atoms with Gasteiger partial charge in [0.1, 0.15) is 18.5 Å². The Morgan fingerprint density at radius 1 is 1.10 bits per heavy atom. The Balaban J connectivity index is 2.46. The molecule has 1 atom stereocenters. The van der Waals surface area contributed by atoms with E-state index < -0.39 is 6.10 Å². The van der Waals surface area contributed by atoms with Crippen LogP contribution in [0.1, 0.15) is 40.2 Å². The van der Waals surface area contributed by atoms with Gasteiger partial charge in [-0.2, -0.15) is 0 Å². The van der Waals surface area contributed by atoms with Gasteiger partial charge in [-0.25, -0.2) is 0 Å². The fraction of sp³-hybridized carbons (Fsp3) is 0.647. The van der Waals surface area contributed by atoms with E-state index in [0.717, 1.165) is 18.8 Å². The third kappa shape index (κ3) is 5.51. The molecule has 0 aliphatic rings. The van der Waals surface area contributed by atoms with Crippen LogP contribution in [0.4, 0.5) is 0 Å². The van der Waals surface area contributed by atoms with E-state index in [1.807, 2.05) is 12.1 Å². The maximum Gasteiger partial charge on any atom is 0.119 e. The summed E-state index contributed by atoms with van der Waals surface area (Å²) in [6.07, 6.45) is -0.447. The maximum atomic E-state index is 9.96. The Labute approximate surface area is 123 Å². The molecule has 0 fully saturated rings. The molecule has 0 amide bonds. The van der Waals surface area contributed by atoms with Crippen molar-refractivity contribution in [1.82, 2.24) is 4.90 Å². The second-order valence-electron chi connectivity index (χ2n) is 6.23. The van der Waals surface area contributed by atoms with Gasteiger partial charge in [0, 0.05) is 6.54 Å². The Hall–Kier alpha value is -1.06. The summed E-state index contributed by atoms with van der Waals surface area (Å²) >= 11 is 0. The monoisotopic (exact) mass is 279 g/mol. The van der Waals surface area contributed by atoms with Crippen LogP contribution in [0.25, 0.3) is 0 Å². The normalized spacial score (nSPS) is 13.6. The van der Waals surface area contributed by atoms with Crippen molar-refractivity contribution in [2.75, 3.05) is 26.2 Å². The Kier molecular flexibility index (Phi) is 6.50. The number of aliphatic hydroxyl groups is 1. The molecule has 0 spiro atoms. The van der Waals surface area contributed by atoms with E-state index in [1.54, 1.807) is 0 Å². The average Bonchev–Trinajstić information content (AvgIpc) is 2.42. The Bertz CT molecular complexity index is 377. The summed E-state index contributed by atoms with van der Waals surface area (Å²) in [7, 11) is 0. The molecule has 0 radical (unpaired) electrons. The number of rotatable bonds is 7. The van der Waals surface area contributed by atoms with Gasteiger partial charge in [-0.05, 0) is 36.2 Å². The molecule has 3 nitrogen and oxygen atoms in total. The summed E-state index contributed by atoms with van der Waals surface area (Å²) in [6, 6.07) is 8.13. The first kappa shape index (κ1) is 17.0. The third-order valence-electron chi connectivity index (χ3n) is 3.53. The van der Waals surface area contributed by atoms with Crippen molar-refractivity contribution in [1.29, 1.82) is 0 Å². The van der Waals surface area contributed by atoms with E-state index in [2.05, 4.69) is 51.7 Å². The first-order chi connectivity index (χ1) is 9.36. The molecule has 114 valence electrons. The van der Waals surface area contributed by atoms with E-state index >= 15 is 0 Å². The topological polar surface area (TPSA) is 32.7 Å². The van der Waals surface area contributed by atoms with Gasteiger partial charge in [0.05, 0.1) is 0 Å². The zero-order valence-corrected chi connectivity index (χ0v) is 13.5. The highest BCUT2D eigenvalue weighted by Gasteiger charge is 2.13. The lowest BCUT2D eigenvalue weighted by atomic mass is 9.87. The highest BCUT2D eigenvalue weighted by atomic mass is 16.5. The lowest BCUT2D eigenvalue weighted by molar-refractivity contribution is 0.0716. The van der Waals surface area contributed by atoms with E-state index in [4.69, 9.17) is 4.74 Å². The number of aliphatic hydroxyl groups excluding tert-OH is 1. The highest BCUT2D eigenvalue weighted by Crippen LogP contribution is 2.24. The van der Waals surface area contributed by atoms with Crippen molar-refractivity contribution in [3.63, 3.8) is 0 Å². The molecule has 3 heteroatoms. The van der Waals surface area contributed by atoms with Crippen LogP contribution in [0, 0.1) is 0 Å². The van der Waals surface area contributed by atoms with E-state index in [-0.39, 0.29) is 5.41 Å². The second kappa shape index (κ2) is 7.65. The van der Waals surface area contributed by atoms with Crippen LogP contribution in [0.2, 0.25) is 0 Å². The van der Waals surface area contributed by atoms with Gasteiger partial charge in [0.25, 0.3) is 0 Å². The number of benzene rings is 1. The molecule has 0 aromatic heterocycles. The fourth-order valence-electron chi connectivity index (χ4n) is 2.08. The van der Waals surface area contributed by atoms with Crippen molar-refractivity contribution in [3.05, 3.63) is 29.8 Å². The van der Waals surface area contributed by atoms with Gasteiger partial charge in [0.2, 0.25) is 0 Å². The summed E-state index contributed by atoms with van der Waals surface area (Å²) in [5, 5.41) is 9.96. The molecule has 0 aliphatic heterocycles. The molecule has 1 N–H and O–H groups in total. The molecule has 0 heterocycles. The van der Waals surface area contributed by atoms with Crippen molar-refractivity contribution in [2.24, 2.45) is 0 Å². The van der Waals surface area contributed by atoms with Crippen LogP contribution < -0.4 is 4.74 Å². The van der Waals surface area contributed by atoms with Crippen LogP contribution in [0.15, 0.2) is 24.3 Å². The van der Waals surface area contributed by atoms with Gasteiger partial charge >= 0.3 is 0 Å². The zero-order valence-electron chi connectivity index (χ0n) is 13.5. The number of nitrogens with zero attached hydrogens (tertiary/aromatic N) is 1. The molecule has 0 bridgehead atoms. The summed E-state index contributed by atoms with van der Waals surface area (Å²) in [5.74, 6) is 0.816. The molecule has 1 unspecified atom stereocenters. The number of hydrogen-bond acceptors (Lipinski definition) is 3. The maximum absolute atomic E-state index is 9.96. The smallest absolute Gasteiger partial charge is 0.119 e. The van der Waals surface area contributed by atoms with Crippen LogP contribution in [0.3, 0.4) is 0 Å². The van der Waals surface area contributed by atoms with Crippen molar-refractivity contribution >= 4 is 0 Å². The standard InChI is InChI=1S/C17H29NO2/c1-6-18(7-2)12-15(19)13-20-16-10-8-14(9-11-16)17(3,4)5/h8-11,15,19H,6-7,12-13H2,1-5H3. The van der Waals surface area contributed by atoms with Gasteiger partial charge in [-0.15, -0.1) is 0 Å². The summed E-state index contributed by atoms with van der Waals surface area (Å²) in [5.41, 5.74) is 1.44. The fourth-order valence-corrected chi connectivity index (χ4v) is 2.08. The SMILES string of the molecule is CCN(CC)CC(O)COc1ccc(C(C)(C)C)cc1. The van der Waals surface area contributed by atoms with Crippen LogP contribution in [-0.2, 0) is 5.41 Å². The van der Waals surface area contributed by atoms with E-state index in [1.165, 1.54) is 5.56 Å². The van der Waals surface area contributed by atoms with Crippen molar-refractivity contribution in [2.45, 2.75) is 46.1 Å². The van der Waals surface area contributed by atoms with Crippen molar-refractivity contribution in [3.8, 4) is 5.75 Å². The van der Waals surface area contributed by atoms with Gasteiger partial charge < -0.3 is 14.7 Å². The van der Waals surface area contributed by atoms with E-state index in [9.17, 15) is 5.11 Å². The Morgan fingerprint density at radius 3 is 2.10 bits per heavy atom. The second-order valence-corrected chi connectivity index (χ2v) is 6.23. The van der Waals surface area contributed by atoms with Crippen molar-refractivity contribution < 1.29 is 9.84 Å². The first-order valence-electron chi connectivity index (χ1n) is 7.50. The van der Waals surface area contributed by atoms with Gasteiger partial charge in [0.15, 0.2) is 0 Å². The molecule has 0 saturated heterocycles. The van der Waals surface area contributed by atoms with Gasteiger partial charge in [-0.3, -0.25) is 0 Å². The largest absolute Gasteiger partial charge is 0.491 e. The van der Waals surface area contributed by atoms with Crippen LogP contribution >= 0.6 is 0 Å². The molecule has 0 aliphatic carbocycles. The summed E-state index contributed by atoms with van der Waals surface area (Å²) in [6.45, 7) is 13.7. The number of likely N-dealkylation sites (N-methyl/N-ethyl adjacent to an activating group) is 1. The predicted octanol–water partition coefficient (Wildman–Crippen LogP) is 3.07. The first-order valence-corrected chi connectivity index (χ1v) is 7.50. The van der Waals surface area contributed by atoms with Crippen LogP contribution in [-0.4, -0.2) is 42.4 Å². The van der Waals surface area contributed by atoms with E-state index in [0.29, 0.717) is 13.2 Å². The number of hydrogen-bond donors (Lipinski definition) is 1. The summed E-state index contributed by atoms with van der Waals surface area (Å²) in [4.78, 5) is 2.19. The molecule has 1 rings (SSSR count). The molecule has 20 heavy (non-hydrogen) atoms. The number of ether oxygens (including phenoxy) is 1. The molecule has 0 saturated carbocycles. The third-order valence-corrected chi connectivity index (χ3v) is 3.53. The highest BCUT2D eigenvalue weighted by molar-refractivity contribution is 5.31. The predicted molar refractivity (Wildman–Crippen MR) is 84.4 cm³/mol. The van der Waals surface area contributed by atoms with Crippen LogP contribution in [0.5, 0.6) is 5.75 Å². The minimum atomic E-state index is -0.447.